The third kappa shape index (κ3) is 4.15. The maximum atomic E-state index is 13.6. The van der Waals surface area contributed by atoms with Gasteiger partial charge in [-0.05, 0) is 60.0 Å². The summed E-state index contributed by atoms with van der Waals surface area (Å²) in [6, 6.07) is 13.5. The van der Waals surface area contributed by atoms with Gasteiger partial charge >= 0.3 is 0 Å². The van der Waals surface area contributed by atoms with Crippen LogP contribution in [0.1, 0.15) is 35.2 Å². The molecule has 1 N–H and O–H groups in total. The van der Waals surface area contributed by atoms with Crippen LogP contribution < -0.4 is 4.74 Å². The van der Waals surface area contributed by atoms with E-state index in [0.717, 1.165) is 16.9 Å². The molecule has 0 aliphatic carbocycles. The van der Waals surface area contributed by atoms with Gasteiger partial charge in [0.15, 0.2) is 0 Å². The molecule has 1 fully saturated rings. The Labute approximate surface area is 202 Å². The normalized spacial score (nSPS) is 20.6. The number of aliphatic hydroxyl groups is 1. The van der Waals surface area contributed by atoms with Gasteiger partial charge in [0, 0.05) is 30.9 Å². The number of halogens is 2. The zero-order chi connectivity index (χ0) is 23.1. The Hall–Kier alpha value is -3.71. The van der Waals surface area contributed by atoms with Gasteiger partial charge in [-0.1, -0.05) is 18.2 Å². The highest BCUT2D eigenvalue weighted by Gasteiger charge is 2.46. The molecule has 2 aliphatic rings. The summed E-state index contributed by atoms with van der Waals surface area (Å²) in [4.78, 5) is 31.6. The van der Waals surface area contributed by atoms with Crippen molar-refractivity contribution in [1.29, 1.82) is 0 Å². The first-order valence-corrected chi connectivity index (χ1v) is 10.6. The van der Waals surface area contributed by atoms with Crippen LogP contribution in [0.25, 0.3) is 5.76 Å². The van der Waals surface area contributed by atoms with Gasteiger partial charge in [-0.15, -0.1) is 12.4 Å². The number of Topliss-reactive ketones (excluding diaryl/α,β-unsaturated/α-hetero) is 1. The van der Waals surface area contributed by atoms with Crippen LogP contribution in [0.2, 0.25) is 0 Å². The Morgan fingerprint density at radius 2 is 1.94 bits per heavy atom. The SMILES string of the molecule is CC1Cc2cc(/C(O)=C3\C(=O)C(=O)N(Cc4cccnc4)C3c3ccc(F)cc3)ccc2O1.Cl. The molecule has 0 radical (unpaired) electrons. The van der Waals surface area contributed by atoms with E-state index in [1.54, 1.807) is 42.7 Å². The highest BCUT2D eigenvalue weighted by molar-refractivity contribution is 6.46. The van der Waals surface area contributed by atoms with Gasteiger partial charge < -0.3 is 14.7 Å². The molecule has 34 heavy (non-hydrogen) atoms. The minimum atomic E-state index is -0.866. The van der Waals surface area contributed by atoms with E-state index >= 15 is 0 Å². The van der Waals surface area contributed by atoms with Crippen molar-refractivity contribution in [2.24, 2.45) is 0 Å². The number of benzene rings is 2. The van der Waals surface area contributed by atoms with E-state index < -0.39 is 23.5 Å². The van der Waals surface area contributed by atoms with Gasteiger partial charge in [0.25, 0.3) is 11.7 Å². The van der Waals surface area contributed by atoms with Gasteiger partial charge in [0.2, 0.25) is 0 Å². The maximum Gasteiger partial charge on any atom is 0.295 e. The number of carbonyl (C=O) groups is 2. The molecule has 1 amide bonds. The number of hydrogen-bond acceptors (Lipinski definition) is 5. The first-order chi connectivity index (χ1) is 15.9. The van der Waals surface area contributed by atoms with E-state index in [1.807, 2.05) is 6.92 Å². The quantitative estimate of drug-likeness (QED) is 0.336. The molecule has 5 rings (SSSR count). The Morgan fingerprint density at radius 1 is 1.18 bits per heavy atom. The van der Waals surface area contributed by atoms with Crippen LogP contribution in [0.4, 0.5) is 4.39 Å². The number of rotatable bonds is 4. The van der Waals surface area contributed by atoms with E-state index in [-0.39, 0.29) is 36.4 Å². The summed E-state index contributed by atoms with van der Waals surface area (Å²) in [6.45, 7) is 2.07. The molecule has 2 unspecified atom stereocenters. The van der Waals surface area contributed by atoms with Crippen LogP contribution >= 0.6 is 12.4 Å². The summed E-state index contributed by atoms with van der Waals surface area (Å²) in [5.41, 5.74) is 2.59. The molecule has 1 saturated heterocycles. The number of amides is 1. The number of nitrogens with zero attached hydrogens (tertiary/aromatic N) is 2. The molecule has 2 aliphatic heterocycles. The highest BCUT2D eigenvalue weighted by atomic mass is 35.5. The Kier molecular flexibility index (Phi) is 6.39. The Bertz CT molecular complexity index is 1280. The molecule has 0 saturated carbocycles. The zero-order valence-electron chi connectivity index (χ0n) is 18.3. The van der Waals surface area contributed by atoms with E-state index in [2.05, 4.69) is 4.98 Å². The molecule has 8 heteroatoms. The maximum absolute atomic E-state index is 13.6. The van der Waals surface area contributed by atoms with Gasteiger partial charge in [-0.25, -0.2) is 4.39 Å². The number of pyridine rings is 1. The van der Waals surface area contributed by atoms with Crippen molar-refractivity contribution in [1.82, 2.24) is 9.88 Å². The van der Waals surface area contributed by atoms with Gasteiger partial charge in [-0.3, -0.25) is 14.6 Å². The van der Waals surface area contributed by atoms with Gasteiger partial charge in [0.05, 0.1) is 11.6 Å². The Morgan fingerprint density at radius 3 is 2.65 bits per heavy atom. The van der Waals surface area contributed by atoms with Crippen LogP contribution in [0.15, 0.2) is 72.6 Å². The van der Waals surface area contributed by atoms with E-state index in [0.29, 0.717) is 17.5 Å². The minimum Gasteiger partial charge on any atom is -0.507 e. The number of aliphatic hydroxyl groups excluding tert-OH is 1. The predicted molar refractivity (Wildman–Crippen MR) is 126 cm³/mol. The van der Waals surface area contributed by atoms with Gasteiger partial charge in [0.1, 0.15) is 23.4 Å². The summed E-state index contributed by atoms with van der Waals surface area (Å²) in [7, 11) is 0. The van der Waals surface area contributed by atoms with Crippen molar-refractivity contribution in [3.05, 3.63) is 101 Å². The molecule has 6 nitrogen and oxygen atoms in total. The Balaban J connectivity index is 0.00000274. The van der Waals surface area contributed by atoms with Crippen molar-refractivity contribution in [2.45, 2.75) is 32.0 Å². The number of fused-ring (bicyclic) bond motifs is 1. The molecule has 3 heterocycles. The molecule has 174 valence electrons. The summed E-state index contributed by atoms with van der Waals surface area (Å²) in [5.74, 6) is -1.47. The average Bonchev–Trinajstić information content (AvgIpc) is 3.31. The van der Waals surface area contributed by atoms with Crippen LogP contribution in [0.3, 0.4) is 0 Å². The highest BCUT2D eigenvalue weighted by Crippen LogP contribution is 2.41. The summed E-state index contributed by atoms with van der Waals surface area (Å²) >= 11 is 0. The third-order valence-electron chi connectivity index (χ3n) is 5.97. The number of ether oxygens (including phenoxy) is 1. The van der Waals surface area contributed by atoms with Crippen LogP contribution in [0, 0.1) is 5.82 Å². The van der Waals surface area contributed by atoms with Crippen molar-refractivity contribution < 1.29 is 23.8 Å². The number of hydrogen-bond donors (Lipinski definition) is 1. The lowest BCUT2D eigenvalue weighted by molar-refractivity contribution is -0.140. The molecule has 3 aromatic rings. The van der Waals surface area contributed by atoms with Gasteiger partial charge in [-0.2, -0.15) is 0 Å². The number of aromatic nitrogens is 1. The molecule has 0 bridgehead atoms. The average molecular weight is 481 g/mol. The first-order valence-electron chi connectivity index (χ1n) is 10.6. The lowest BCUT2D eigenvalue weighted by Crippen LogP contribution is -2.29. The predicted octanol–water partition coefficient (Wildman–Crippen LogP) is 4.59. The van der Waals surface area contributed by atoms with Crippen molar-refractivity contribution in [3.8, 4) is 5.75 Å². The van der Waals surface area contributed by atoms with Crippen molar-refractivity contribution in [3.63, 3.8) is 0 Å². The second-order valence-corrected chi connectivity index (χ2v) is 8.29. The minimum absolute atomic E-state index is 0. The van der Waals surface area contributed by atoms with Crippen molar-refractivity contribution >= 4 is 29.9 Å². The summed E-state index contributed by atoms with van der Waals surface area (Å²) in [5, 5.41) is 11.2. The third-order valence-corrected chi connectivity index (χ3v) is 5.97. The monoisotopic (exact) mass is 480 g/mol. The molecular weight excluding hydrogens is 459 g/mol. The second kappa shape index (κ2) is 9.27. The fraction of sp³-hybridized carbons (Fsp3) is 0.192. The largest absolute Gasteiger partial charge is 0.507 e. The van der Waals surface area contributed by atoms with Crippen molar-refractivity contribution in [2.75, 3.05) is 0 Å². The van der Waals surface area contributed by atoms with E-state index in [9.17, 15) is 19.1 Å². The second-order valence-electron chi connectivity index (χ2n) is 8.29. The molecule has 0 spiro atoms. The fourth-order valence-electron chi connectivity index (χ4n) is 4.45. The van der Waals surface area contributed by atoms with E-state index in [4.69, 9.17) is 4.74 Å². The first kappa shape index (κ1) is 23.4. The topological polar surface area (TPSA) is 79.7 Å². The molecule has 2 aromatic carbocycles. The smallest absolute Gasteiger partial charge is 0.295 e. The lowest BCUT2D eigenvalue weighted by Gasteiger charge is -2.25. The standard InChI is InChI=1S/C26H21FN2O4.ClH/c1-15-11-19-12-18(6-9-21(19)33-15)24(30)22-23(17-4-7-20(27)8-5-17)29(26(32)25(22)31)14-16-3-2-10-28-13-16;/h2-10,12-13,15,23,30H,11,14H2,1H3;1H/b24-22+;. The number of ketones is 1. The summed E-state index contributed by atoms with van der Waals surface area (Å²) in [6.07, 6.45) is 3.95. The van der Waals surface area contributed by atoms with Crippen LogP contribution in [0.5, 0.6) is 5.75 Å². The van der Waals surface area contributed by atoms with E-state index in [1.165, 1.54) is 29.2 Å². The number of likely N-dealkylation sites (tertiary alicyclic amines) is 1. The fourth-order valence-corrected chi connectivity index (χ4v) is 4.45. The van der Waals surface area contributed by atoms with Crippen LogP contribution in [-0.4, -0.2) is 32.8 Å². The number of carbonyl (C=O) groups excluding carboxylic acids is 2. The lowest BCUT2D eigenvalue weighted by atomic mass is 9.94. The zero-order valence-corrected chi connectivity index (χ0v) is 19.1. The van der Waals surface area contributed by atoms with Crippen LogP contribution in [-0.2, 0) is 22.6 Å². The molecular formula is C26H22ClFN2O4. The summed E-state index contributed by atoms with van der Waals surface area (Å²) < 4.78 is 19.3. The molecule has 2 atom stereocenters. The molecule has 1 aromatic heterocycles.